The molecule has 0 atom stereocenters. The second-order valence-electron chi connectivity index (χ2n) is 10.2. The lowest BCUT2D eigenvalue weighted by molar-refractivity contribution is -0.135. The molecule has 0 N–H and O–H groups in total. The molecule has 38 heavy (non-hydrogen) atoms. The summed E-state index contributed by atoms with van der Waals surface area (Å²) in [4.78, 5) is 40.9. The summed E-state index contributed by atoms with van der Waals surface area (Å²) in [6.45, 7) is 5.33. The number of rotatable bonds is 2. The highest BCUT2D eigenvalue weighted by atomic mass is 16.6. The number of benzene rings is 3. The number of imide groups is 1. The number of carbonyl (C=O) groups is 3. The summed E-state index contributed by atoms with van der Waals surface area (Å²) in [5, 5.41) is 2.54. The highest BCUT2D eigenvalue weighted by Crippen LogP contribution is 2.42. The summed E-state index contributed by atoms with van der Waals surface area (Å²) >= 11 is 0. The van der Waals surface area contributed by atoms with Crippen LogP contribution in [0.3, 0.4) is 0 Å². The van der Waals surface area contributed by atoms with Gasteiger partial charge >= 0.3 is 6.09 Å². The van der Waals surface area contributed by atoms with Crippen molar-refractivity contribution in [3.63, 3.8) is 0 Å². The molecule has 6 rings (SSSR count). The van der Waals surface area contributed by atoms with E-state index in [1.165, 1.54) is 24.1 Å². The molecule has 0 bridgehead atoms. The maximum Gasteiger partial charge on any atom is 0.419 e. The topological polar surface area (TPSA) is 87.1 Å². The molecule has 0 saturated heterocycles. The molecule has 0 spiro atoms. The summed E-state index contributed by atoms with van der Waals surface area (Å²) in [5.41, 5.74) is 0.420. The van der Waals surface area contributed by atoms with Crippen LogP contribution in [0.25, 0.3) is 27.2 Å². The molecular weight excluding hydrogens is 484 g/mol. The average molecular weight is 509 g/mol. The van der Waals surface area contributed by atoms with Crippen molar-refractivity contribution < 1.29 is 28.6 Å². The van der Waals surface area contributed by atoms with Crippen molar-refractivity contribution >= 4 is 45.2 Å². The quantitative estimate of drug-likeness (QED) is 0.326. The number of para-hydroxylation sites is 1. The Labute approximate surface area is 218 Å². The van der Waals surface area contributed by atoms with Crippen LogP contribution in [0.1, 0.15) is 26.3 Å². The number of amides is 2. The SMILES string of the molecule is CN1C(=O)C(C2=COc3cc4ccccc4cc3O2)=C(c2cn(C(=O)OC(C)(C)C)c3ccccc23)C1=O. The van der Waals surface area contributed by atoms with E-state index in [9.17, 15) is 14.4 Å². The third kappa shape index (κ3) is 3.73. The van der Waals surface area contributed by atoms with Gasteiger partial charge in [0.15, 0.2) is 17.3 Å². The van der Waals surface area contributed by atoms with Gasteiger partial charge in [-0.1, -0.05) is 42.5 Å². The summed E-state index contributed by atoms with van der Waals surface area (Å²) in [7, 11) is 1.41. The summed E-state index contributed by atoms with van der Waals surface area (Å²) in [6.07, 6.45) is 2.28. The minimum Gasteiger partial charge on any atom is -0.457 e. The second kappa shape index (κ2) is 8.34. The predicted octanol–water partition coefficient (Wildman–Crippen LogP) is 5.64. The first-order valence-corrected chi connectivity index (χ1v) is 12.1. The molecule has 2 amide bonds. The molecule has 0 saturated carbocycles. The number of carbonyl (C=O) groups excluding carboxylic acids is 3. The number of aromatic nitrogens is 1. The van der Waals surface area contributed by atoms with Gasteiger partial charge in [0.1, 0.15) is 11.9 Å². The van der Waals surface area contributed by atoms with E-state index >= 15 is 0 Å². The van der Waals surface area contributed by atoms with E-state index < -0.39 is 23.5 Å². The van der Waals surface area contributed by atoms with Crippen LogP contribution < -0.4 is 9.47 Å². The third-order valence-corrected chi connectivity index (χ3v) is 6.43. The Kier molecular flexibility index (Phi) is 5.17. The zero-order valence-corrected chi connectivity index (χ0v) is 21.3. The van der Waals surface area contributed by atoms with Crippen molar-refractivity contribution in [1.29, 1.82) is 0 Å². The number of hydrogen-bond donors (Lipinski definition) is 0. The third-order valence-electron chi connectivity index (χ3n) is 6.43. The van der Waals surface area contributed by atoms with Gasteiger partial charge in [0.25, 0.3) is 11.8 Å². The summed E-state index contributed by atoms with van der Waals surface area (Å²) < 4.78 is 19.0. The van der Waals surface area contributed by atoms with E-state index in [0.717, 1.165) is 15.7 Å². The summed E-state index contributed by atoms with van der Waals surface area (Å²) in [6, 6.07) is 18.6. The van der Waals surface area contributed by atoms with Crippen molar-refractivity contribution in [3.05, 3.63) is 90.0 Å². The largest absolute Gasteiger partial charge is 0.457 e. The molecule has 2 aliphatic rings. The van der Waals surface area contributed by atoms with E-state index in [2.05, 4.69) is 0 Å². The molecule has 0 aliphatic carbocycles. The molecule has 0 fully saturated rings. The molecule has 3 aromatic carbocycles. The lowest BCUT2D eigenvalue weighted by atomic mass is 9.99. The van der Waals surface area contributed by atoms with E-state index in [0.29, 0.717) is 28.0 Å². The normalized spacial score (nSPS) is 15.5. The lowest BCUT2D eigenvalue weighted by Crippen LogP contribution is -2.27. The van der Waals surface area contributed by atoms with Gasteiger partial charge in [0.05, 0.1) is 16.7 Å². The molecular formula is C30H24N2O6. The van der Waals surface area contributed by atoms with E-state index in [4.69, 9.17) is 14.2 Å². The monoisotopic (exact) mass is 508 g/mol. The van der Waals surface area contributed by atoms with Crippen LogP contribution in [0.4, 0.5) is 4.79 Å². The Balaban J connectivity index is 1.51. The van der Waals surface area contributed by atoms with Crippen LogP contribution in [0.2, 0.25) is 0 Å². The molecule has 3 heterocycles. The number of ether oxygens (including phenoxy) is 3. The van der Waals surface area contributed by atoms with Crippen molar-refractivity contribution in [2.24, 2.45) is 0 Å². The number of fused-ring (bicyclic) bond motifs is 3. The van der Waals surface area contributed by atoms with Crippen molar-refractivity contribution in [2.45, 2.75) is 26.4 Å². The second-order valence-corrected chi connectivity index (χ2v) is 10.2. The van der Waals surface area contributed by atoms with Crippen LogP contribution >= 0.6 is 0 Å². The molecule has 4 aromatic rings. The van der Waals surface area contributed by atoms with Gasteiger partial charge in [0.2, 0.25) is 0 Å². The Bertz CT molecular complexity index is 1750. The van der Waals surface area contributed by atoms with E-state index in [1.807, 2.05) is 36.4 Å². The first kappa shape index (κ1) is 23.5. The van der Waals surface area contributed by atoms with Crippen molar-refractivity contribution in [3.8, 4) is 11.5 Å². The Morgan fingerprint density at radius 3 is 2.21 bits per heavy atom. The first-order chi connectivity index (χ1) is 18.1. The van der Waals surface area contributed by atoms with E-state index in [1.54, 1.807) is 45.0 Å². The van der Waals surface area contributed by atoms with E-state index in [-0.39, 0.29) is 16.9 Å². The molecule has 8 nitrogen and oxygen atoms in total. The van der Waals surface area contributed by atoms with Crippen molar-refractivity contribution in [2.75, 3.05) is 7.05 Å². The Morgan fingerprint density at radius 2 is 1.50 bits per heavy atom. The van der Waals surface area contributed by atoms with Gasteiger partial charge in [-0.05, 0) is 49.7 Å². The van der Waals surface area contributed by atoms with Crippen molar-refractivity contribution in [1.82, 2.24) is 9.47 Å². The molecule has 0 unspecified atom stereocenters. The van der Waals surface area contributed by atoms with Gasteiger partial charge in [-0.15, -0.1) is 0 Å². The van der Waals surface area contributed by atoms with Gasteiger partial charge in [-0.2, -0.15) is 0 Å². The fourth-order valence-corrected chi connectivity index (χ4v) is 4.70. The number of nitrogens with zero attached hydrogens (tertiary/aromatic N) is 2. The van der Waals surface area contributed by atoms with Crippen LogP contribution in [0.15, 0.2) is 84.5 Å². The number of likely N-dealkylation sites (N-methyl/N-ethyl adjacent to an activating group) is 1. The van der Waals surface area contributed by atoms with Crippen LogP contribution in [-0.4, -0.2) is 40.0 Å². The zero-order valence-electron chi connectivity index (χ0n) is 21.3. The van der Waals surface area contributed by atoms with Crippen LogP contribution in [-0.2, 0) is 14.3 Å². The minimum absolute atomic E-state index is 0.0587. The maximum atomic E-state index is 13.4. The molecule has 190 valence electrons. The smallest absolute Gasteiger partial charge is 0.419 e. The van der Waals surface area contributed by atoms with Gasteiger partial charge in [-0.25, -0.2) is 4.79 Å². The Hall–Kier alpha value is -4.85. The van der Waals surface area contributed by atoms with Crippen LogP contribution in [0, 0.1) is 0 Å². The van der Waals surface area contributed by atoms with Gasteiger partial charge < -0.3 is 14.2 Å². The average Bonchev–Trinajstić information content (AvgIpc) is 3.37. The van der Waals surface area contributed by atoms with Crippen LogP contribution in [0.5, 0.6) is 11.5 Å². The number of hydrogen-bond acceptors (Lipinski definition) is 6. The Morgan fingerprint density at radius 1 is 0.868 bits per heavy atom. The predicted molar refractivity (Wildman–Crippen MR) is 142 cm³/mol. The molecule has 1 aromatic heterocycles. The first-order valence-electron chi connectivity index (χ1n) is 12.1. The maximum absolute atomic E-state index is 13.4. The highest BCUT2D eigenvalue weighted by molar-refractivity contribution is 6.38. The minimum atomic E-state index is -0.720. The zero-order chi connectivity index (χ0) is 26.8. The molecule has 2 aliphatic heterocycles. The van der Waals surface area contributed by atoms with Gasteiger partial charge in [-0.3, -0.25) is 19.1 Å². The highest BCUT2D eigenvalue weighted by Gasteiger charge is 2.42. The van der Waals surface area contributed by atoms with Gasteiger partial charge in [0, 0.05) is 24.2 Å². The lowest BCUT2D eigenvalue weighted by Gasteiger charge is -2.20. The molecule has 8 heteroatoms. The summed E-state index contributed by atoms with van der Waals surface area (Å²) in [5.74, 6) is 0.00367. The fraction of sp³-hybridized carbons (Fsp3) is 0.167. The fourth-order valence-electron chi connectivity index (χ4n) is 4.70. The molecule has 0 radical (unpaired) electrons. The standard InChI is InChI=1S/C30H24N2O6/c1-30(2,3)38-29(35)32-15-20(19-11-7-8-12-21(19)32)25-26(28(34)31(4)27(25)33)24-16-36-22-13-17-9-5-6-10-18(17)14-23(22)37-24/h5-16H,1-4H3.